The molecule has 0 heterocycles. The third-order valence-corrected chi connectivity index (χ3v) is 3.81. The second-order valence-corrected chi connectivity index (χ2v) is 5.37. The number of nitrogens with one attached hydrogen (secondary N) is 2. The summed E-state index contributed by atoms with van der Waals surface area (Å²) < 4.78 is 4.89. The van der Waals surface area contributed by atoms with Crippen molar-refractivity contribution in [2.45, 2.75) is 31.7 Å². The van der Waals surface area contributed by atoms with Crippen LogP contribution in [0.1, 0.15) is 36.4 Å². The summed E-state index contributed by atoms with van der Waals surface area (Å²) in [4.78, 5) is 11.6. The quantitative estimate of drug-likeness (QED) is 0.666. The molecule has 5 nitrogen and oxygen atoms in total. The zero-order valence-corrected chi connectivity index (χ0v) is 12.5. The van der Waals surface area contributed by atoms with Gasteiger partial charge >= 0.3 is 0 Å². The molecule has 116 valence electrons. The molecule has 1 aromatic carbocycles. The van der Waals surface area contributed by atoms with Gasteiger partial charge in [0.05, 0.1) is 6.61 Å². The first-order valence-electron chi connectivity index (χ1n) is 7.51. The molecular formula is C16H24N2O3. The SMILES string of the molecule is COCCNC(=O)CCNC1CCCc2cc(O)ccc21. The zero-order valence-electron chi connectivity index (χ0n) is 12.5. The molecule has 1 amide bonds. The van der Waals surface area contributed by atoms with E-state index in [2.05, 4.69) is 10.6 Å². The summed E-state index contributed by atoms with van der Waals surface area (Å²) in [6.45, 7) is 1.75. The lowest BCUT2D eigenvalue weighted by Crippen LogP contribution is -2.32. The first-order chi connectivity index (χ1) is 10.2. The fourth-order valence-corrected chi connectivity index (χ4v) is 2.75. The van der Waals surface area contributed by atoms with E-state index in [0.717, 1.165) is 19.3 Å². The van der Waals surface area contributed by atoms with E-state index in [1.807, 2.05) is 12.1 Å². The second-order valence-electron chi connectivity index (χ2n) is 5.37. The van der Waals surface area contributed by atoms with E-state index < -0.39 is 0 Å². The Morgan fingerprint density at radius 1 is 1.43 bits per heavy atom. The molecule has 1 unspecified atom stereocenters. The molecule has 0 aromatic heterocycles. The number of ether oxygens (including phenoxy) is 1. The lowest BCUT2D eigenvalue weighted by molar-refractivity contribution is -0.121. The van der Waals surface area contributed by atoms with Crippen molar-refractivity contribution >= 4 is 5.91 Å². The van der Waals surface area contributed by atoms with Crippen LogP contribution in [-0.4, -0.2) is 37.8 Å². The molecule has 0 fully saturated rings. The maximum atomic E-state index is 11.6. The minimum absolute atomic E-state index is 0.0429. The smallest absolute Gasteiger partial charge is 0.221 e. The van der Waals surface area contributed by atoms with Crippen molar-refractivity contribution in [3.05, 3.63) is 29.3 Å². The maximum Gasteiger partial charge on any atom is 0.221 e. The number of phenols is 1. The number of methoxy groups -OCH3 is 1. The van der Waals surface area contributed by atoms with Crippen molar-refractivity contribution in [2.24, 2.45) is 0 Å². The Bertz CT molecular complexity index is 477. The highest BCUT2D eigenvalue weighted by atomic mass is 16.5. The molecule has 0 aliphatic heterocycles. The van der Waals surface area contributed by atoms with E-state index >= 15 is 0 Å². The normalized spacial score (nSPS) is 17.3. The first-order valence-corrected chi connectivity index (χ1v) is 7.51. The fourth-order valence-electron chi connectivity index (χ4n) is 2.75. The molecule has 0 saturated carbocycles. The molecule has 1 atom stereocenters. The van der Waals surface area contributed by atoms with Gasteiger partial charge < -0.3 is 20.5 Å². The molecule has 1 aliphatic carbocycles. The predicted molar refractivity (Wildman–Crippen MR) is 81.3 cm³/mol. The van der Waals surface area contributed by atoms with E-state index in [0.29, 0.717) is 31.9 Å². The van der Waals surface area contributed by atoms with Gasteiger partial charge in [0.25, 0.3) is 0 Å². The van der Waals surface area contributed by atoms with Crippen LogP contribution >= 0.6 is 0 Å². The van der Waals surface area contributed by atoms with Crippen molar-refractivity contribution < 1.29 is 14.6 Å². The van der Waals surface area contributed by atoms with Crippen LogP contribution in [-0.2, 0) is 16.0 Å². The average molecular weight is 292 g/mol. The number of hydrogen-bond donors (Lipinski definition) is 3. The molecular weight excluding hydrogens is 268 g/mol. The van der Waals surface area contributed by atoms with E-state index in [1.54, 1.807) is 13.2 Å². The summed E-state index contributed by atoms with van der Waals surface area (Å²) in [6.07, 6.45) is 3.66. The number of fused-ring (bicyclic) bond motifs is 1. The Morgan fingerprint density at radius 3 is 3.10 bits per heavy atom. The monoisotopic (exact) mass is 292 g/mol. The number of benzene rings is 1. The third kappa shape index (κ3) is 4.72. The van der Waals surface area contributed by atoms with Crippen molar-refractivity contribution in [1.82, 2.24) is 10.6 Å². The zero-order chi connectivity index (χ0) is 15.1. The molecule has 2 rings (SSSR count). The van der Waals surface area contributed by atoms with E-state index in [1.165, 1.54) is 11.1 Å². The van der Waals surface area contributed by atoms with Gasteiger partial charge in [0, 0.05) is 32.7 Å². The Morgan fingerprint density at radius 2 is 2.29 bits per heavy atom. The summed E-state index contributed by atoms with van der Waals surface area (Å²) >= 11 is 0. The van der Waals surface area contributed by atoms with Gasteiger partial charge in [-0.05, 0) is 42.5 Å². The average Bonchev–Trinajstić information content (AvgIpc) is 2.47. The maximum absolute atomic E-state index is 11.6. The van der Waals surface area contributed by atoms with Crippen LogP contribution in [0.5, 0.6) is 5.75 Å². The van der Waals surface area contributed by atoms with E-state index in [-0.39, 0.29) is 11.9 Å². The second kappa shape index (κ2) is 8.00. The van der Waals surface area contributed by atoms with Crippen molar-refractivity contribution in [2.75, 3.05) is 26.8 Å². The topological polar surface area (TPSA) is 70.6 Å². The van der Waals surface area contributed by atoms with Gasteiger partial charge in [-0.1, -0.05) is 6.07 Å². The molecule has 3 N–H and O–H groups in total. The molecule has 1 aromatic rings. The predicted octanol–water partition coefficient (Wildman–Crippen LogP) is 1.51. The highest BCUT2D eigenvalue weighted by molar-refractivity contribution is 5.76. The highest BCUT2D eigenvalue weighted by Crippen LogP contribution is 2.31. The van der Waals surface area contributed by atoms with Gasteiger partial charge in [0.15, 0.2) is 0 Å². The minimum atomic E-state index is 0.0429. The molecule has 0 spiro atoms. The Labute approximate surface area is 125 Å². The van der Waals surface area contributed by atoms with Crippen LogP contribution in [0.4, 0.5) is 0 Å². The van der Waals surface area contributed by atoms with Crippen LogP contribution in [0, 0.1) is 0 Å². The molecule has 0 radical (unpaired) electrons. The molecule has 0 saturated heterocycles. The molecule has 5 heteroatoms. The van der Waals surface area contributed by atoms with Gasteiger partial charge in [0.1, 0.15) is 5.75 Å². The Kier molecular flexibility index (Phi) is 6.02. The van der Waals surface area contributed by atoms with Crippen LogP contribution in [0.15, 0.2) is 18.2 Å². The summed E-state index contributed by atoms with van der Waals surface area (Å²) in [5.74, 6) is 0.369. The van der Waals surface area contributed by atoms with Crippen LogP contribution in [0.2, 0.25) is 0 Å². The first kappa shape index (κ1) is 15.8. The highest BCUT2D eigenvalue weighted by Gasteiger charge is 2.19. The van der Waals surface area contributed by atoms with Crippen LogP contribution in [0.3, 0.4) is 0 Å². The number of aromatic hydroxyl groups is 1. The largest absolute Gasteiger partial charge is 0.508 e. The van der Waals surface area contributed by atoms with Gasteiger partial charge in [-0.25, -0.2) is 0 Å². The Balaban J connectivity index is 1.78. The fraction of sp³-hybridized carbons (Fsp3) is 0.562. The molecule has 1 aliphatic rings. The number of carbonyl (C=O) groups excluding carboxylic acids is 1. The molecule has 0 bridgehead atoms. The minimum Gasteiger partial charge on any atom is -0.508 e. The van der Waals surface area contributed by atoms with Crippen molar-refractivity contribution in [3.8, 4) is 5.75 Å². The number of carbonyl (C=O) groups is 1. The van der Waals surface area contributed by atoms with E-state index in [9.17, 15) is 9.90 Å². The van der Waals surface area contributed by atoms with Gasteiger partial charge in [-0.3, -0.25) is 4.79 Å². The van der Waals surface area contributed by atoms with Gasteiger partial charge in [-0.2, -0.15) is 0 Å². The van der Waals surface area contributed by atoms with Gasteiger partial charge in [0.2, 0.25) is 5.91 Å². The summed E-state index contributed by atoms with van der Waals surface area (Å²) in [7, 11) is 1.62. The lowest BCUT2D eigenvalue weighted by Gasteiger charge is -2.26. The van der Waals surface area contributed by atoms with Crippen molar-refractivity contribution in [1.29, 1.82) is 0 Å². The van der Waals surface area contributed by atoms with Crippen molar-refractivity contribution in [3.63, 3.8) is 0 Å². The van der Waals surface area contributed by atoms with E-state index in [4.69, 9.17) is 4.74 Å². The third-order valence-electron chi connectivity index (χ3n) is 3.81. The number of hydrogen-bond acceptors (Lipinski definition) is 4. The standard InChI is InChI=1S/C16H24N2O3/c1-21-10-9-18-16(20)7-8-17-15-4-2-3-12-11-13(19)5-6-14(12)15/h5-6,11,15,17,19H,2-4,7-10H2,1H3,(H,18,20). The number of rotatable bonds is 7. The molecule has 21 heavy (non-hydrogen) atoms. The van der Waals surface area contributed by atoms with Gasteiger partial charge in [-0.15, -0.1) is 0 Å². The number of amides is 1. The summed E-state index contributed by atoms with van der Waals surface area (Å²) in [5, 5.41) is 15.8. The number of phenolic OH excluding ortho intramolecular Hbond substituents is 1. The Hall–Kier alpha value is -1.59. The van der Waals surface area contributed by atoms with Crippen LogP contribution in [0.25, 0.3) is 0 Å². The lowest BCUT2D eigenvalue weighted by atomic mass is 9.87. The number of aryl methyl sites for hydroxylation is 1. The summed E-state index contributed by atoms with van der Waals surface area (Å²) in [6, 6.07) is 5.85. The summed E-state index contributed by atoms with van der Waals surface area (Å²) in [5.41, 5.74) is 2.46. The van der Waals surface area contributed by atoms with Crippen LogP contribution < -0.4 is 10.6 Å².